The molecule has 4 aromatic rings. The van der Waals surface area contributed by atoms with Crippen molar-refractivity contribution >= 4 is 34.4 Å². The molecule has 2 aromatic carbocycles. The molecule has 168 valence electrons. The predicted octanol–water partition coefficient (Wildman–Crippen LogP) is 2.70. The highest BCUT2D eigenvalue weighted by Crippen LogP contribution is 2.26. The number of aryl methyl sites for hydroxylation is 1. The van der Waals surface area contributed by atoms with Gasteiger partial charge in [0.15, 0.2) is 11.5 Å². The molecule has 2 heterocycles. The molecule has 0 saturated heterocycles. The first-order valence-electron chi connectivity index (χ1n) is 9.66. The Morgan fingerprint density at radius 3 is 2.42 bits per heavy atom. The standard InChI is InChI=1S/C22H17F2N5O3S/c1-28-19-17(21(31)29(2)22(28)32)20(27-18(26-19)12-6-8-13(23)9-7-12)33-11-16(30)25-15-5-3-4-14(24)10-15/h3-10H,11H2,1-2H3,(H,25,30). The van der Waals surface area contributed by atoms with Crippen molar-refractivity contribution in [2.24, 2.45) is 14.1 Å². The van der Waals surface area contributed by atoms with E-state index in [1.165, 1.54) is 61.1 Å². The molecule has 0 radical (unpaired) electrons. The van der Waals surface area contributed by atoms with Crippen molar-refractivity contribution in [1.29, 1.82) is 0 Å². The van der Waals surface area contributed by atoms with Crippen molar-refractivity contribution in [2.75, 3.05) is 11.1 Å². The first-order valence-corrected chi connectivity index (χ1v) is 10.6. The van der Waals surface area contributed by atoms with Crippen LogP contribution in [-0.2, 0) is 18.9 Å². The summed E-state index contributed by atoms with van der Waals surface area (Å²) >= 11 is 0.971. The fourth-order valence-electron chi connectivity index (χ4n) is 3.16. The summed E-state index contributed by atoms with van der Waals surface area (Å²) in [5, 5.41) is 2.84. The number of carbonyl (C=O) groups is 1. The van der Waals surface area contributed by atoms with E-state index < -0.39 is 28.8 Å². The highest BCUT2D eigenvalue weighted by atomic mass is 32.2. The number of benzene rings is 2. The van der Waals surface area contributed by atoms with Gasteiger partial charge in [-0.25, -0.2) is 23.5 Å². The quantitative estimate of drug-likeness (QED) is 0.357. The van der Waals surface area contributed by atoms with E-state index in [0.717, 1.165) is 16.3 Å². The van der Waals surface area contributed by atoms with Crippen molar-refractivity contribution < 1.29 is 13.6 Å². The maximum atomic E-state index is 13.4. The first kappa shape index (κ1) is 22.3. The molecule has 0 aliphatic rings. The van der Waals surface area contributed by atoms with Gasteiger partial charge in [-0.1, -0.05) is 17.8 Å². The normalized spacial score (nSPS) is 11.0. The Kier molecular flexibility index (Phi) is 6.05. The molecule has 0 aliphatic heterocycles. The summed E-state index contributed by atoms with van der Waals surface area (Å²) in [6, 6.07) is 10.9. The van der Waals surface area contributed by atoms with Crippen molar-refractivity contribution in [3.8, 4) is 11.4 Å². The van der Waals surface area contributed by atoms with Gasteiger partial charge in [-0.05, 0) is 42.5 Å². The topological polar surface area (TPSA) is 98.9 Å². The molecule has 0 spiro atoms. The van der Waals surface area contributed by atoms with Gasteiger partial charge in [0.25, 0.3) is 5.56 Å². The highest BCUT2D eigenvalue weighted by molar-refractivity contribution is 8.00. The number of hydrogen-bond donors (Lipinski definition) is 1. The van der Waals surface area contributed by atoms with Crippen LogP contribution in [0.5, 0.6) is 0 Å². The first-order chi connectivity index (χ1) is 15.7. The van der Waals surface area contributed by atoms with Crippen LogP contribution in [0.3, 0.4) is 0 Å². The molecule has 0 bridgehead atoms. The number of aromatic nitrogens is 4. The SMILES string of the molecule is Cn1c(=O)c2c(SCC(=O)Nc3cccc(F)c3)nc(-c3ccc(F)cc3)nc2n(C)c1=O. The van der Waals surface area contributed by atoms with Gasteiger partial charge >= 0.3 is 5.69 Å². The minimum Gasteiger partial charge on any atom is -0.325 e. The number of hydrogen-bond acceptors (Lipinski definition) is 6. The molecule has 11 heteroatoms. The fraction of sp³-hybridized carbons (Fsp3) is 0.136. The molecule has 0 aliphatic carbocycles. The summed E-state index contributed by atoms with van der Waals surface area (Å²) < 4.78 is 28.9. The summed E-state index contributed by atoms with van der Waals surface area (Å²) in [6.07, 6.45) is 0. The van der Waals surface area contributed by atoms with Gasteiger partial charge in [0.05, 0.1) is 5.75 Å². The molecule has 1 N–H and O–H groups in total. The molecule has 1 amide bonds. The van der Waals surface area contributed by atoms with E-state index in [2.05, 4.69) is 15.3 Å². The Bertz CT molecular complexity index is 1500. The third-order valence-corrected chi connectivity index (χ3v) is 5.79. The summed E-state index contributed by atoms with van der Waals surface area (Å²) in [5.41, 5.74) is -0.329. The van der Waals surface area contributed by atoms with Crippen LogP contribution in [0, 0.1) is 11.6 Å². The van der Waals surface area contributed by atoms with Gasteiger partial charge in [-0.3, -0.25) is 18.7 Å². The zero-order valence-electron chi connectivity index (χ0n) is 17.5. The monoisotopic (exact) mass is 469 g/mol. The number of nitrogens with zero attached hydrogens (tertiary/aromatic N) is 4. The molecule has 0 saturated carbocycles. The Morgan fingerprint density at radius 1 is 1.00 bits per heavy atom. The van der Waals surface area contributed by atoms with Gasteiger partial charge in [0, 0.05) is 25.3 Å². The third-order valence-electron chi connectivity index (χ3n) is 4.82. The lowest BCUT2D eigenvalue weighted by Crippen LogP contribution is -2.37. The smallest absolute Gasteiger partial charge is 0.325 e. The van der Waals surface area contributed by atoms with Crippen LogP contribution in [-0.4, -0.2) is 30.8 Å². The zero-order chi connectivity index (χ0) is 23.7. The lowest BCUT2D eigenvalue weighted by molar-refractivity contribution is -0.113. The molecule has 8 nitrogen and oxygen atoms in total. The second-order valence-electron chi connectivity index (χ2n) is 7.11. The highest BCUT2D eigenvalue weighted by Gasteiger charge is 2.19. The Labute approximate surface area is 189 Å². The molecule has 33 heavy (non-hydrogen) atoms. The van der Waals surface area contributed by atoms with Crippen LogP contribution in [0.15, 0.2) is 63.1 Å². The van der Waals surface area contributed by atoms with Crippen LogP contribution < -0.4 is 16.6 Å². The minimum absolute atomic E-state index is 0.0778. The van der Waals surface area contributed by atoms with Gasteiger partial charge < -0.3 is 5.32 Å². The number of thioether (sulfide) groups is 1. The number of amides is 1. The van der Waals surface area contributed by atoms with Gasteiger partial charge in [-0.15, -0.1) is 0 Å². The fourth-order valence-corrected chi connectivity index (χ4v) is 3.97. The average molecular weight is 469 g/mol. The second kappa shape index (κ2) is 8.94. The molecule has 0 unspecified atom stereocenters. The summed E-state index contributed by atoms with van der Waals surface area (Å²) in [7, 11) is 2.81. The van der Waals surface area contributed by atoms with Crippen LogP contribution in [0.4, 0.5) is 14.5 Å². The Balaban J connectivity index is 1.76. The van der Waals surface area contributed by atoms with E-state index in [9.17, 15) is 23.2 Å². The van der Waals surface area contributed by atoms with Crippen LogP contribution >= 0.6 is 11.8 Å². The Hall–Kier alpha value is -3.86. The van der Waals surface area contributed by atoms with Gasteiger partial charge in [0.1, 0.15) is 22.0 Å². The van der Waals surface area contributed by atoms with E-state index in [4.69, 9.17) is 0 Å². The molecule has 4 rings (SSSR count). The van der Waals surface area contributed by atoms with Crippen molar-refractivity contribution in [2.45, 2.75) is 5.03 Å². The number of halogens is 2. The zero-order valence-corrected chi connectivity index (χ0v) is 18.3. The van der Waals surface area contributed by atoms with Crippen LogP contribution in [0.25, 0.3) is 22.4 Å². The van der Waals surface area contributed by atoms with Crippen LogP contribution in [0.1, 0.15) is 0 Å². The number of carbonyl (C=O) groups excluding carboxylic acids is 1. The second-order valence-corrected chi connectivity index (χ2v) is 8.07. The van der Waals surface area contributed by atoms with Crippen molar-refractivity contribution in [3.63, 3.8) is 0 Å². The summed E-state index contributed by atoms with van der Waals surface area (Å²) in [5.74, 6) is -1.35. The van der Waals surface area contributed by atoms with E-state index in [1.54, 1.807) is 6.07 Å². The predicted molar refractivity (Wildman–Crippen MR) is 121 cm³/mol. The molecule has 0 fully saturated rings. The lowest BCUT2D eigenvalue weighted by Gasteiger charge is -2.12. The average Bonchev–Trinajstić information content (AvgIpc) is 2.80. The molecule has 0 atom stereocenters. The largest absolute Gasteiger partial charge is 0.332 e. The van der Waals surface area contributed by atoms with E-state index in [-0.39, 0.29) is 27.6 Å². The van der Waals surface area contributed by atoms with E-state index in [0.29, 0.717) is 11.3 Å². The van der Waals surface area contributed by atoms with E-state index in [1.807, 2.05) is 0 Å². The maximum Gasteiger partial charge on any atom is 0.332 e. The summed E-state index contributed by atoms with van der Waals surface area (Å²) in [4.78, 5) is 46.5. The molecule has 2 aromatic heterocycles. The third kappa shape index (κ3) is 4.53. The number of rotatable bonds is 5. The van der Waals surface area contributed by atoms with Gasteiger partial charge in [0.2, 0.25) is 5.91 Å². The summed E-state index contributed by atoms with van der Waals surface area (Å²) in [6.45, 7) is 0. The lowest BCUT2D eigenvalue weighted by atomic mass is 10.2. The Morgan fingerprint density at radius 2 is 1.73 bits per heavy atom. The number of anilines is 1. The van der Waals surface area contributed by atoms with Crippen molar-refractivity contribution in [1.82, 2.24) is 19.1 Å². The van der Waals surface area contributed by atoms with Crippen LogP contribution in [0.2, 0.25) is 0 Å². The molecular formula is C22H17F2N5O3S. The minimum atomic E-state index is -0.605. The molecular weight excluding hydrogens is 452 g/mol. The number of fused-ring (bicyclic) bond motifs is 1. The number of nitrogens with one attached hydrogen (secondary N) is 1. The van der Waals surface area contributed by atoms with E-state index >= 15 is 0 Å². The van der Waals surface area contributed by atoms with Crippen molar-refractivity contribution in [3.05, 3.63) is 81.0 Å². The maximum absolute atomic E-state index is 13.4. The van der Waals surface area contributed by atoms with Gasteiger partial charge in [-0.2, -0.15) is 0 Å².